The molecule has 0 bridgehead atoms. The van der Waals surface area contributed by atoms with E-state index in [1.165, 1.54) is 0 Å². The van der Waals surface area contributed by atoms with Gasteiger partial charge in [-0.25, -0.2) is 17.9 Å². The van der Waals surface area contributed by atoms with E-state index in [1.807, 2.05) is 20.8 Å². The van der Waals surface area contributed by atoms with Crippen molar-refractivity contribution >= 4 is 16.1 Å². The summed E-state index contributed by atoms with van der Waals surface area (Å²) in [6.07, 6.45) is 5.60. The molecule has 1 N–H and O–H groups in total. The molecule has 0 aromatic heterocycles. The molecule has 164 valence electrons. The van der Waals surface area contributed by atoms with Crippen LogP contribution in [0, 0.1) is 11.8 Å². The summed E-state index contributed by atoms with van der Waals surface area (Å²) in [5.41, 5.74) is 0. The number of rotatable bonds is 7. The first-order chi connectivity index (χ1) is 13.0. The zero-order valence-electron chi connectivity index (χ0n) is 18.2. The third-order valence-electron chi connectivity index (χ3n) is 5.97. The smallest absolute Gasteiger partial charge is 0.410 e. The predicted octanol–water partition coefficient (Wildman–Crippen LogP) is 3.14. The first-order valence-corrected chi connectivity index (χ1v) is 12.4. The summed E-state index contributed by atoms with van der Waals surface area (Å²) in [7, 11) is -3.38. The summed E-state index contributed by atoms with van der Waals surface area (Å²) >= 11 is 0. The third kappa shape index (κ3) is 6.59. The maximum atomic E-state index is 12.6. The molecular weight excluding hydrogens is 380 g/mol. The van der Waals surface area contributed by atoms with Crippen LogP contribution in [0.25, 0.3) is 0 Å². The van der Waals surface area contributed by atoms with E-state index in [9.17, 15) is 13.2 Å². The molecule has 0 unspecified atom stereocenters. The van der Waals surface area contributed by atoms with Crippen LogP contribution in [-0.4, -0.2) is 62.6 Å². The van der Waals surface area contributed by atoms with Crippen LogP contribution in [0.15, 0.2) is 0 Å². The quantitative estimate of drug-likeness (QED) is 0.686. The number of carbonyl (C=O) groups is 1. The molecule has 0 radical (unpaired) electrons. The van der Waals surface area contributed by atoms with Crippen LogP contribution >= 0.6 is 0 Å². The molecule has 2 fully saturated rings. The molecular formula is C20H38N2O5S. The van der Waals surface area contributed by atoms with Crippen LogP contribution in [0.4, 0.5) is 4.79 Å². The lowest BCUT2D eigenvalue weighted by molar-refractivity contribution is -0.0198. The zero-order chi connectivity index (χ0) is 21.1. The monoisotopic (exact) mass is 418 g/mol. The minimum atomic E-state index is -3.38. The normalized spacial score (nSPS) is 31.6. The number of sulfonamides is 1. The van der Waals surface area contributed by atoms with Gasteiger partial charge in [-0.15, -0.1) is 0 Å². The molecule has 1 saturated carbocycles. The lowest BCUT2D eigenvalue weighted by Crippen LogP contribution is -2.50. The summed E-state index contributed by atoms with van der Waals surface area (Å²) in [6, 6.07) is -0.841. The molecule has 1 heterocycles. The summed E-state index contributed by atoms with van der Waals surface area (Å²) in [5.74, 6) is 1.45. The van der Waals surface area contributed by atoms with Crippen molar-refractivity contribution in [2.45, 2.75) is 97.1 Å². The fourth-order valence-electron chi connectivity index (χ4n) is 4.49. The van der Waals surface area contributed by atoms with Gasteiger partial charge in [0.1, 0.15) is 0 Å². The largest absolute Gasteiger partial charge is 0.447 e. The molecule has 8 heteroatoms. The highest BCUT2D eigenvalue weighted by Gasteiger charge is 2.44. The lowest BCUT2D eigenvalue weighted by atomic mass is 9.80. The average Bonchev–Trinajstić information content (AvgIpc) is 2.85. The molecule has 7 nitrogen and oxygen atoms in total. The van der Waals surface area contributed by atoms with Gasteiger partial charge in [0, 0.05) is 12.1 Å². The second-order valence-corrected chi connectivity index (χ2v) is 10.9. The number of ether oxygens (including phenoxy) is 2. The van der Waals surface area contributed by atoms with Crippen LogP contribution in [-0.2, 0) is 19.5 Å². The van der Waals surface area contributed by atoms with Crippen LogP contribution in [0.5, 0.6) is 0 Å². The van der Waals surface area contributed by atoms with Crippen molar-refractivity contribution in [3.63, 3.8) is 0 Å². The van der Waals surface area contributed by atoms with Crippen molar-refractivity contribution in [1.82, 2.24) is 9.62 Å². The summed E-state index contributed by atoms with van der Waals surface area (Å²) < 4.78 is 37.9. The van der Waals surface area contributed by atoms with Crippen molar-refractivity contribution in [3.05, 3.63) is 0 Å². The van der Waals surface area contributed by atoms with E-state index in [4.69, 9.17) is 9.47 Å². The highest BCUT2D eigenvalue weighted by Crippen LogP contribution is 2.32. The van der Waals surface area contributed by atoms with Crippen molar-refractivity contribution in [3.8, 4) is 0 Å². The van der Waals surface area contributed by atoms with Crippen LogP contribution in [0.3, 0.4) is 0 Å². The molecule has 1 aliphatic carbocycles. The van der Waals surface area contributed by atoms with Crippen molar-refractivity contribution in [2.75, 3.05) is 12.9 Å². The van der Waals surface area contributed by atoms with E-state index < -0.39 is 16.1 Å². The molecule has 0 aromatic rings. The highest BCUT2D eigenvalue weighted by atomic mass is 32.2. The zero-order valence-corrected chi connectivity index (χ0v) is 19.0. The van der Waals surface area contributed by atoms with Gasteiger partial charge in [-0.1, -0.05) is 13.8 Å². The number of amides is 1. The Morgan fingerprint density at radius 2 is 1.75 bits per heavy atom. The first-order valence-electron chi connectivity index (χ1n) is 10.6. The fraction of sp³-hybridized carbons (Fsp3) is 0.950. The number of hydrogen-bond acceptors (Lipinski definition) is 5. The lowest BCUT2D eigenvalue weighted by Gasteiger charge is -2.34. The number of carbonyl (C=O) groups excluding carboxylic acids is 1. The minimum Gasteiger partial charge on any atom is -0.447 e. The average molecular weight is 419 g/mol. The van der Waals surface area contributed by atoms with Crippen LogP contribution in [0.1, 0.15) is 66.7 Å². The van der Waals surface area contributed by atoms with Gasteiger partial charge in [0.25, 0.3) is 0 Å². The molecule has 1 amide bonds. The minimum absolute atomic E-state index is 0.115. The van der Waals surface area contributed by atoms with Gasteiger partial charge in [-0.3, -0.25) is 4.90 Å². The predicted molar refractivity (Wildman–Crippen MR) is 110 cm³/mol. The number of nitrogens with one attached hydrogen (secondary N) is 1. The molecule has 2 rings (SSSR count). The Balaban J connectivity index is 2.04. The van der Waals surface area contributed by atoms with Gasteiger partial charge in [-0.05, 0) is 64.7 Å². The molecule has 0 spiro atoms. The Bertz CT molecular complexity index is 614. The summed E-state index contributed by atoms with van der Waals surface area (Å²) in [5, 5.41) is 0. The Hall–Kier alpha value is -0.860. The number of nitrogens with zero attached hydrogens (tertiary/aromatic N) is 1. The molecule has 3 atom stereocenters. The molecule has 0 aromatic carbocycles. The van der Waals surface area contributed by atoms with Gasteiger partial charge in [0.05, 0.1) is 31.1 Å². The summed E-state index contributed by atoms with van der Waals surface area (Å²) in [6.45, 7) is 10.4. The summed E-state index contributed by atoms with van der Waals surface area (Å²) in [4.78, 5) is 14.3. The van der Waals surface area contributed by atoms with Gasteiger partial charge in [0.2, 0.25) is 10.0 Å². The van der Waals surface area contributed by atoms with Gasteiger partial charge in [-0.2, -0.15) is 0 Å². The van der Waals surface area contributed by atoms with E-state index in [2.05, 4.69) is 18.6 Å². The Morgan fingerprint density at radius 1 is 1.14 bits per heavy atom. The van der Waals surface area contributed by atoms with E-state index in [1.54, 1.807) is 4.90 Å². The number of hydrogen-bond donors (Lipinski definition) is 1. The SMILES string of the molecule is CC(C)OC(=O)N1[C@H](C)C[C@H](NS(C)(=O)=O)[C@@H]1COC1CCC(C(C)C)CC1. The van der Waals surface area contributed by atoms with E-state index in [-0.39, 0.29) is 30.3 Å². The molecule has 28 heavy (non-hydrogen) atoms. The van der Waals surface area contributed by atoms with Crippen LogP contribution in [0.2, 0.25) is 0 Å². The second kappa shape index (κ2) is 9.76. The van der Waals surface area contributed by atoms with Gasteiger partial charge >= 0.3 is 6.09 Å². The molecule has 1 aliphatic heterocycles. The fourth-order valence-corrected chi connectivity index (χ4v) is 5.29. The maximum absolute atomic E-state index is 12.6. The number of likely N-dealkylation sites (tertiary alicyclic amines) is 1. The molecule has 1 saturated heterocycles. The van der Waals surface area contributed by atoms with Gasteiger partial charge < -0.3 is 9.47 Å². The standard InChI is InChI=1S/C20H38N2O5S/c1-13(2)16-7-9-17(10-8-16)26-12-19-18(21-28(6,24)25)11-15(5)22(19)20(23)27-14(3)4/h13-19,21H,7-12H2,1-6H3/t15-,16?,17?,18+,19+/m1/s1. The third-order valence-corrected chi connectivity index (χ3v) is 6.70. The van der Waals surface area contributed by atoms with E-state index in [0.717, 1.165) is 37.9 Å². The van der Waals surface area contributed by atoms with Crippen LogP contribution < -0.4 is 4.72 Å². The van der Waals surface area contributed by atoms with E-state index >= 15 is 0 Å². The van der Waals surface area contributed by atoms with Crippen molar-refractivity contribution in [2.24, 2.45) is 11.8 Å². The van der Waals surface area contributed by atoms with Gasteiger partial charge in [0.15, 0.2) is 0 Å². The maximum Gasteiger partial charge on any atom is 0.410 e. The Labute approximate surface area is 170 Å². The first kappa shape index (κ1) is 23.4. The van der Waals surface area contributed by atoms with Crippen molar-refractivity contribution < 1.29 is 22.7 Å². The Kier molecular flexibility index (Phi) is 8.16. The highest BCUT2D eigenvalue weighted by molar-refractivity contribution is 7.88. The van der Waals surface area contributed by atoms with Crippen molar-refractivity contribution in [1.29, 1.82) is 0 Å². The topological polar surface area (TPSA) is 84.9 Å². The molecule has 2 aliphatic rings. The van der Waals surface area contributed by atoms with E-state index in [0.29, 0.717) is 18.9 Å². The second-order valence-electron chi connectivity index (χ2n) is 9.10. The Morgan fingerprint density at radius 3 is 2.25 bits per heavy atom.